The fraction of sp³-hybridized carbons (Fsp3) is 0.667. The summed E-state index contributed by atoms with van der Waals surface area (Å²) in [6.45, 7) is 8.21. The normalized spacial score (nSPS) is 23.5. The second-order valence-electron chi connectivity index (χ2n) is 5.13. The SMILES string of the molecule is CCn1nc(C)c2nc(N)n(CC3CC3C)c21. The molecule has 0 saturated heterocycles. The van der Waals surface area contributed by atoms with Gasteiger partial charge < -0.3 is 5.73 Å². The van der Waals surface area contributed by atoms with Crippen LogP contribution in [-0.4, -0.2) is 19.3 Å². The molecule has 17 heavy (non-hydrogen) atoms. The molecule has 2 aromatic rings. The molecule has 2 atom stereocenters. The Balaban J connectivity index is 2.11. The number of aryl methyl sites for hydroxylation is 2. The highest BCUT2D eigenvalue weighted by atomic mass is 15.4. The lowest BCUT2D eigenvalue weighted by molar-refractivity contribution is 0.582. The monoisotopic (exact) mass is 233 g/mol. The van der Waals surface area contributed by atoms with E-state index < -0.39 is 0 Å². The van der Waals surface area contributed by atoms with Gasteiger partial charge >= 0.3 is 0 Å². The van der Waals surface area contributed by atoms with Gasteiger partial charge in [-0.1, -0.05) is 6.92 Å². The standard InChI is InChI=1S/C12H19N5/c1-4-17-11-10(8(3)15-17)14-12(13)16(11)6-9-5-7(9)2/h7,9H,4-6H2,1-3H3,(H2,13,14). The van der Waals surface area contributed by atoms with Gasteiger partial charge in [0.25, 0.3) is 0 Å². The number of nitrogens with two attached hydrogens (primary N) is 1. The maximum absolute atomic E-state index is 6.02. The zero-order chi connectivity index (χ0) is 12.2. The number of anilines is 1. The Morgan fingerprint density at radius 1 is 1.47 bits per heavy atom. The summed E-state index contributed by atoms with van der Waals surface area (Å²) < 4.78 is 4.13. The largest absolute Gasteiger partial charge is 0.369 e. The molecule has 2 aromatic heterocycles. The number of rotatable bonds is 3. The summed E-state index contributed by atoms with van der Waals surface area (Å²) in [5.41, 5.74) is 9.03. The zero-order valence-electron chi connectivity index (χ0n) is 10.6. The van der Waals surface area contributed by atoms with E-state index in [-0.39, 0.29) is 0 Å². The van der Waals surface area contributed by atoms with Crippen molar-refractivity contribution in [2.45, 2.75) is 40.3 Å². The van der Waals surface area contributed by atoms with Crippen molar-refractivity contribution >= 4 is 17.1 Å². The molecule has 1 aliphatic carbocycles. The molecule has 0 bridgehead atoms. The number of hydrogen-bond donors (Lipinski definition) is 1. The molecular formula is C12H19N5. The molecule has 92 valence electrons. The Morgan fingerprint density at radius 2 is 2.18 bits per heavy atom. The van der Waals surface area contributed by atoms with Crippen molar-refractivity contribution in [2.24, 2.45) is 11.8 Å². The number of nitrogens with zero attached hydrogens (tertiary/aromatic N) is 4. The highest BCUT2D eigenvalue weighted by Gasteiger charge is 2.34. The summed E-state index contributed by atoms with van der Waals surface area (Å²) >= 11 is 0. The van der Waals surface area contributed by atoms with Crippen LogP contribution in [0.25, 0.3) is 11.2 Å². The fourth-order valence-electron chi connectivity index (χ4n) is 2.53. The first-order valence-corrected chi connectivity index (χ1v) is 6.31. The van der Waals surface area contributed by atoms with Crippen molar-refractivity contribution in [3.8, 4) is 0 Å². The number of fused-ring (bicyclic) bond motifs is 1. The van der Waals surface area contributed by atoms with Crippen LogP contribution >= 0.6 is 0 Å². The lowest BCUT2D eigenvalue weighted by Gasteiger charge is -2.07. The molecule has 0 aliphatic heterocycles. The lowest BCUT2D eigenvalue weighted by Crippen LogP contribution is -2.09. The number of nitrogen functional groups attached to an aromatic ring is 1. The third kappa shape index (κ3) is 1.52. The Bertz CT molecular complexity index is 565. The Labute approximate surface area is 101 Å². The quantitative estimate of drug-likeness (QED) is 0.879. The summed E-state index contributed by atoms with van der Waals surface area (Å²) in [5, 5.41) is 4.49. The molecule has 0 aromatic carbocycles. The number of aromatic nitrogens is 4. The topological polar surface area (TPSA) is 61.7 Å². The molecule has 1 aliphatic rings. The summed E-state index contributed by atoms with van der Waals surface area (Å²) in [6, 6.07) is 0. The van der Waals surface area contributed by atoms with Crippen LogP contribution in [0.1, 0.15) is 26.0 Å². The number of imidazole rings is 1. The molecular weight excluding hydrogens is 214 g/mol. The molecule has 1 fully saturated rings. The fourth-order valence-corrected chi connectivity index (χ4v) is 2.53. The van der Waals surface area contributed by atoms with Crippen LogP contribution in [0.15, 0.2) is 0 Å². The second-order valence-corrected chi connectivity index (χ2v) is 5.13. The van der Waals surface area contributed by atoms with E-state index >= 15 is 0 Å². The van der Waals surface area contributed by atoms with E-state index in [2.05, 4.69) is 28.5 Å². The average Bonchev–Trinajstić information content (AvgIpc) is 2.75. The summed E-state index contributed by atoms with van der Waals surface area (Å²) in [7, 11) is 0. The Morgan fingerprint density at radius 3 is 2.76 bits per heavy atom. The van der Waals surface area contributed by atoms with E-state index in [1.807, 2.05) is 11.6 Å². The van der Waals surface area contributed by atoms with Gasteiger partial charge in [-0.3, -0.25) is 4.57 Å². The smallest absolute Gasteiger partial charge is 0.202 e. The summed E-state index contributed by atoms with van der Waals surface area (Å²) in [4.78, 5) is 4.44. The third-order valence-corrected chi connectivity index (χ3v) is 3.82. The van der Waals surface area contributed by atoms with Gasteiger partial charge in [-0.25, -0.2) is 9.67 Å². The summed E-state index contributed by atoms with van der Waals surface area (Å²) in [6.07, 6.45) is 1.30. The first-order valence-electron chi connectivity index (χ1n) is 6.31. The van der Waals surface area contributed by atoms with Crippen molar-refractivity contribution in [3.63, 3.8) is 0 Å². The molecule has 0 radical (unpaired) electrons. The van der Waals surface area contributed by atoms with E-state index in [9.17, 15) is 0 Å². The molecule has 2 heterocycles. The van der Waals surface area contributed by atoms with E-state index in [1.165, 1.54) is 6.42 Å². The second kappa shape index (κ2) is 3.48. The van der Waals surface area contributed by atoms with Crippen molar-refractivity contribution in [3.05, 3.63) is 5.69 Å². The van der Waals surface area contributed by atoms with E-state index in [4.69, 9.17) is 5.73 Å². The highest BCUT2D eigenvalue weighted by molar-refractivity contribution is 5.77. The first-order chi connectivity index (χ1) is 8.11. The van der Waals surface area contributed by atoms with Crippen molar-refractivity contribution in [2.75, 3.05) is 5.73 Å². The molecule has 2 N–H and O–H groups in total. The van der Waals surface area contributed by atoms with Crippen LogP contribution in [0.3, 0.4) is 0 Å². The lowest BCUT2D eigenvalue weighted by atomic mass is 10.3. The van der Waals surface area contributed by atoms with E-state index in [0.717, 1.165) is 41.8 Å². The van der Waals surface area contributed by atoms with E-state index in [1.54, 1.807) is 0 Å². The van der Waals surface area contributed by atoms with Crippen LogP contribution in [0.5, 0.6) is 0 Å². The van der Waals surface area contributed by atoms with Crippen LogP contribution in [-0.2, 0) is 13.1 Å². The van der Waals surface area contributed by atoms with Gasteiger partial charge in [0.05, 0.1) is 5.69 Å². The molecule has 2 unspecified atom stereocenters. The minimum atomic E-state index is 0.627. The van der Waals surface area contributed by atoms with Crippen LogP contribution in [0.2, 0.25) is 0 Å². The molecule has 5 nitrogen and oxygen atoms in total. The van der Waals surface area contributed by atoms with Gasteiger partial charge in [-0.15, -0.1) is 0 Å². The summed E-state index contributed by atoms with van der Waals surface area (Å²) in [5.74, 6) is 2.21. The predicted molar refractivity (Wildman–Crippen MR) is 67.6 cm³/mol. The van der Waals surface area contributed by atoms with Crippen molar-refractivity contribution < 1.29 is 0 Å². The maximum Gasteiger partial charge on any atom is 0.202 e. The molecule has 0 amide bonds. The molecule has 1 saturated carbocycles. The van der Waals surface area contributed by atoms with Crippen molar-refractivity contribution in [1.82, 2.24) is 19.3 Å². The van der Waals surface area contributed by atoms with Gasteiger partial charge in [0.1, 0.15) is 5.52 Å². The van der Waals surface area contributed by atoms with Gasteiger partial charge in [0.15, 0.2) is 5.65 Å². The zero-order valence-corrected chi connectivity index (χ0v) is 10.6. The van der Waals surface area contributed by atoms with Gasteiger partial charge in [-0.2, -0.15) is 5.10 Å². The minimum Gasteiger partial charge on any atom is -0.369 e. The van der Waals surface area contributed by atoms with Crippen LogP contribution in [0, 0.1) is 18.8 Å². The number of hydrogen-bond acceptors (Lipinski definition) is 3. The first kappa shape index (κ1) is 10.6. The van der Waals surface area contributed by atoms with E-state index in [0.29, 0.717) is 5.95 Å². The highest BCUT2D eigenvalue weighted by Crippen LogP contribution is 2.40. The maximum atomic E-state index is 6.02. The van der Waals surface area contributed by atoms with Crippen molar-refractivity contribution in [1.29, 1.82) is 0 Å². The van der Waals surface area contributed by atoms with Gasteiger partial charge in [-0.05, 0) is 32.1 Å². The molecule has 3 rings (SSSR count). The Hall–Kier alpha value is -1.52. The van der Waals surface area contributed by atoms with Crippen LogP contribution in [0.4, 0.5) is 5.95 Å². The average molecular weight is 233 g/mol. The van der Waals surface area contributed by atoms with Gasteiger partial charge in [0.2, 0.25) is 5.95 Å². The Kier molecular flexibility index (Phi) is 2.18. The van der Waals surface area contributed by atoms with Crippen LogP contribution < -0.4 is 5.73 Å². The molecule has 5 heteroatoms. The predicted octanol–water partition coefficient (Wildman–Crippen LogP) is 1.80. The minimum absolute atomic E-state index is 0.627. The van der Waals surface area contributed by atoms with Gasteiger partial charge in [0, 0.05) is 13.1 Å². The molecule has 0 spiro atoms. The third-order valence-electron chi connectivity index (χ3n) is 3.82.